The molecule has 0 aliphatic carbocycles. The van der Waals surface area contributed by atoms with Gasteiger partial charge in [-0.2, -0.15) is 0 Å². The molecule has 9 heteroatoms. The van der Waals surface area contributed by atoms with Crippen LogP contribution in [0, 0.1) is 0 Å². The number of hydrogen-bond acceptors (Lipinski definition) is 6. The number of carboxylic acids is 1. The first kappa shape index (κ1) is 24.1. The highest BCUT2D eigenvalue weighted by Gasteiger charge is 2.31. The third kappa shape index (κ3) is 6.25. The highest BCUT2D eigenvalue weighted by molar-refractivity contribution is 8.26. The third-order valence-electron chi connectivity index (χ3n) is 4.55. The molecule has 0 spiro atoms. The van der Waals surface area contributed by atoms with Crippen molar-refractivity contribution in [1.29, 1.82) is 0 Å². The van der Waals surface area contributed by atoms with E-state index in [0.717, 1.165) is 11.1 Å². The second-order valence-electron chi connectivity index (χ2n) is 6.85. The lowest BCUT2D eigenvalue weighted by atomic mass is 10.1. The van der Waals surface area contributed by atoms with E-state index >= 15 is 0 Å². The molecule has 0 atom stereocenters. The van der Waals surface area contributed by atoms with Crippen LogP contribution in [-0.4, -0.2) is 39.4 Å². The summed E-state index contributed by atoms with van der Waals surface area (Å²) in [5.74, 6) is 0.0176. The van der Waals surface area contributed by atoms with E-state index in [2.05, 4.69) is 0 Å². The SMILES string of the molecule is CCOc1cc(/C=C2\SC(=S)N(CCCC(=O)O)C2=O)ccc1OCc1ccccc1Cl. The van der Waals surface area contributed by atoms with E-state index in [4.69, 9.17) is 38.4 Å². The molecule has 3 rings (SSSR count). The van der Waals surface area contributed by atoms with Crippen LogP contribution in [0.15, 0.2) is 47.4 Å². The zero-order valence-electron chi connectivity index (χ0n) is 17.4. The molecule has 1 aliphatic heterocycles. The van der Waals surface area contributed by atoms with Gasteiger partial charge in [0.25, 0.3) is 5.91 Å². The summed E-state index contributed by atoms with van der Waals surface area (Å²) < 4.78 is 12.1. The Hall–Kier alpha value is -2.55. The van der Waals surface area contributed by atoms with Crippen LogP contribution >= 0.6 is 35.6 Å². The molecule has 0 unspecified atom stereocenters. The van der Waals surface area contributed by atoms with E-state index in [9.17, 15) is 9.59 Å². The molecular weight excluding hydrogens is 470 g/mol. The number of carbonyl (C=O) groups is 2. The highest BCUT2D eigenvalue weighted by Crippen LogP contribution is 2.35. The Bertz CT molecular complexity index is 1060. The fourth-order valence-corrected chi connectivity index (χ4v) is 4.50. The van der Waals surface area contributed by atoms with Gasteiger partial charge in [0.1, 0.15) is 10.9 Å². The van der Waals surface area contributed by atoms with Crippen LogP contribution in [0.4, 0.5) is 0 Å². The van der Waals surface area contributed by atoms with Crippen molar-refractivity contribution < 1.29 is 24.2 Å². The fourth-order valence-electron chi connectivity index (χ4n) is 3.01. The number of halogens is 1. The van der Waals surface area contributed by atoms with E-state index in [1.54, 1.807) is 12.1 Å². The van der Waals surface area contributed by atoms with Gasteiger partial charge in [0, 0.05) is 23.6 Å². The van der Waals surface area contributed by atoms with Gasteiger partial charge in [-0.15, -0.1) is 0 Å². The highest BCUT2D eigenvalue weighted by atomic mass is 35.5. The van der Waals surface area contributed by atoms with Crippen LogP contribution in [0.5, 0.6) is 11.5 Å². The van der Waals surface area contributed by atoms with E-state index in [0.29, 0.717) is 45.4 Å². The van der Waals surface area contributed by atoms with Crippen molar-refractivity contribution in [2.45, 2.75) is 26.4 Å². The lowest BCUT2D eigenvalue weighted by molar-refractivity contribution is -0.137. The minimum Gasteiger partial charge on any atom is -0.490 e. The number of benzene rings is 2. The standard InChI is InChI=1S/C23H22ClNO5S2/c1-2-29-19-12-15(9-10-18(19)30-14-16-6-3-4-7-17(16)24)13-20-22(28)25(23(31)32-20)11-5-8-21(26)27/h3-4,6-7,9-10,12-13H,2,5,8,11,14H2,1H3,(H,26,27)/b20-13-. The van der Waals surface area contributed by atoms with Gasteiger partial charge in [0.15, 0.2) is 11.5 Å². The molecule has 2 aromatic rings. The zero-order valence-corrected chi connectivity index (χ0v) is 19.8. The van der Waals surface area contributed by atoms with Crippen LogP contribution in [0.25, 0.3) is 6.08 Å². The molecule has 1 fully saturated rings. The number of hydrogen-bond donors (Lipinski definition) is 1. The molecule has 32 heavy (non-hydrogen) atoms. The molecule has 1 heterocycles. The van der Waals surface area contributed by atoms with Crippen LogP contribution in [0.3, 0.4) is 0 Å². The lowest BCUT2D eigenvalue weighted by Gasteiger charge is -2.14. The second kappa shape index (κ2) is 11.4. The third-order valence-corrected chi connectivity index (χ3v) is 6.30. The summed E-state index contributed by atoms with van der Waals surface area (Å²) in [5, 5.41) is 9.43. The molecule has 168 valence electrons. The Morgan fingerprint density at radius 1 is 1.22 bits per heavy atom. The number of carbonyl (C=O) groups excluding carboxylic acids is 1. The Morgan fingerprint density at radius 3 is 2.72 bits per heavy atom. The summed E-state index contributed by atoms with van der Waals surface area (Å²) in [6, 6.07) is 12.9. The number of aliphatic carboxylic acids is 1. The summed E-state index contributed by atoms with van der Waals surface area (Å²) in [7, 11) is 0. The quantitative estimate of drug-likeness (QED) is 0.353. The van der Waals surface area contributed by atoms with Crippen LogP contribution in [0.2, 0.25) is 5.02 Å². The number of thioether (sulfide) groups is 1. The minimum atomic E-state index is -0.897. The van der Waals surface area contributed by atoms with Gasteiger partial charge in [-0.1, -0.05) is 59.8 Å². The normalized spacial score (nSPS) is 14.8. The van der Waals surface area contributed by atoms with Gasteiger partial charge >= 0.3 is 5.97 Å². The monoisotopic (exact) mass is 491 g/mol. The number of nitrogens with zero attached hydrogens (tertiary/aromatic N) is 1. The number of ether oxygens (including phenoxy) is 2. The maximum Gasteiger partial charge on any atom is 0.303 e. The number of carboxylic acid groups (broad SMARTS) is 1. The second-order valence-corrected chi connectivity index (χ2v) is 8.93. The summed E-state index contributed by atoms with van der Waals surface area (Å²) >= 11 is 12.7. The number of thiocarbonyl (C=S) groups is 1. The first-order chi connectivity index (χ1) is 15.4. The molecule has 0 bridgehead atoms. The van der Waals surface area contributed by atoms with Gasteiger partial charge in [0.05, 0.1) is 11.5 Å². The van der Waals surface area contributed by atoms with Crippen molar-refractivity contribution in [2.24, 2.45) is 0 Å². The Morgan fingerprint density at radius 2 is 2.00 bits per heavy atom. The summed E-state index contributed by atoms with van der Waals surface area (Å²) in [6.07, 6.45) is 2.08. The molecule has 1 saturated heterocycles. The van der Waals surface area contributed by atoms with Crippen molar-refractivity contribution in [2.75, 3.05) is 13.2 Å². The molecule has 1 aliphatic rings. The van der Waals surface area contributed by atoms with Crippen molar-refractivity contribution in [1.82, 2.24) is 4.90 Å². The molecule has 0 radical (unpaired) electrons. The van der Waals surface area contributed by atoms with E-state index in [1.807, 2.05) is 43.3 Å². The van der Waals surface area contributed by atoms with Crippen LogP contribution in [-0.2, 0) is 16.2 Å². The molecule has 2 aromatic carbocycles. The summed E-state index contributed by atoms with van der Waals surface area (Å²) in [4.78, 5) is 25.3. The van der Waals surface area contributed by atoms with Crippen LogP contribution in [0.1, 0.15) is 30.9 Å². The maximum absolute atomic E-state index is 12.7. The van der Waals surface area contributed by atoms with Crippen LogP contribution < -0.4 is 9.47 Å². The Balaban J connectivity index is 1.74. The first-order valence-corrected chi connectivity index (χ1v) is 11.6. The Labute approximate surface area is 201 Å². The van der Waals surface area contributed by atoms with Crippen molar-refractivity contribution in [3.8, 4) is 11.5 Å². The van der Waals surface area contributed by atoms with Gasteiger partial charge in [0.2, 0.25) is 0 Å². The summed E-state index contributed by atoms with van der Waals surface area (Å²) in [5.41, 5.74) is 1.64. The fraction of sp³-hybridized carbons (Fsp3) is 0.261. The topological polar surface area (TPSA) is 76.1 Å². The predicted octanol–water partition coefficient (Wildman–Crippen LogP) is 5.38. The predicted molar refractivity (Wildman–Crippen MR) is 130 cm³/mol. The largest absolute Gasteiger partial charge is 0.490 e. The van der Waals surface area contributed by atoms with E-state index in [1.165, 1.54) is 16.7 Å². The maximum atomic E-state index is 12.7. The molecule has 0 aromatic heterocycles. The molecule has 1 amide bonds. The van der Waals surface area contributed by atoms with Crippen molar-refractivity contribution >= 4 is 57.9 Å². The van der Waals surface area contributed by atoms with E-state index in [-0.39, 0.29) is 18.9 Å². The summed E-state index contributed by atoms with van der Waals surface area (Å²) in [6.45, 7) is 2.92. The van der Waals surface area contributed by atoms with Crippen molar-refractivity contribution in [3.63, 3.8) is 0 Å². The van der Waals surface area contributed by atoms with Gasteiger partial charge < -0.3 is 14.6 Å². The number of rotatable bonds is 10. The average molecular weight is 492 g/mol. The van der Waals surface area contributed by atoms with Crippen molar-refractivity contribution in [3.05, 3.63) is 63.5 Å². The lowest BCUT2D eigenvalue weighted by Crippen LogP contribution is -2.29. The molecule has 6 nitrogen and oxygen atoms in total. The van der Waals surface area contributed by atoms with Gasteiger partial charge in [-0.3, -0.25) is 14.5 Å². The van der Waals surface area contributed by atoms with Gasteiger partial charge in [-0.25, -0.2) is 0 Å². The van der Waals surface area contributed by atoms with Gasteiger partial charge in [-0.05, 0) is 43.2 Å². The zero-order chi connectivity index (χ0) is 23.1. The molecule has 0 saturated carbocycles. The average Bonchev–Trinajstić information content (AvgIpc) is 3.01. The minimum absolute atomic E-state index is 0.0104. The Kier molecular flexibility index (Phi) is 8.55. The smallest absolute Gasteiger partial charge is 0.303 e. The van der Waals surface area contributed by atoms with E-state index < -0.39 is 5.97 Å². The molecular formula is C23H22ClNO5S2. The number of amides is 1. The molecule has 1 N–H and O–H groups in total. The first-order valence-electron chi connectivity index (χ1n) is 9.99.